The first-order chi connectivity index (χ1) is 3.41. The van der Waals surface area contributed by atoms with Crippen molar-refractivity contribution in [3.63, 3.8) is 0 Å². The molecule has 0 heterocycles. The molecule has 0 saturated carbocycles. The second-order valence-corrected chi connectivity index (χ2v) is 2.79. The molecule has 0 radical (unpaired) electrons. The molecule has 0 spiro atoms. The Morgan fingerprint density at radius 2 is 2.57 bits per heavy atom. The molecule has 1 atom stereocenters. The Morgan fingerprint density at radius 3 is 3.00 bits per heavy atom. The van der Waals surface area contributed by atoms with Crippen LogP contribution in [-0.4, -0.2) is 16.9 Å². The highest BCUT2D eigenvalue weighted by atomic mass is 32.2. The van der Waals surface area contributed by atoms with E-state index in [9.17, 15) is 0 Å². The van der Waals surface area contributed by atoms with E-state index < -0.39 is 0 Å². The van der Waals surface area contributed by atoms with Gasteiger partial charge in [-0.2, -0.15) is 12.6 Å². The van der Waals surface area contributed by atoms with E-state index in [1.54, 1.807) is 17.7 Å². The molecule has 0 fully saturated rings. The number of nitrogens with zero attached hydrogens (tertiary/aromatic N) is 1. The molecule has 0 rings (SSSR count). The lowest BCUT2D eigenvalue weighted by molar-refractivity contribution is 1.41. The summed E-state index contributed by atoms with van der Waals surface area (Å²) in [6.07, 6.45) is 0. The molecule has 1 unspecified atom stereocenters. The van der Waals surface area contributed by atoms with Crippen molar-refractivity contribution in [3.05, 3.63) is 0 Å². The lowest BCUT2D eigenvalue weighted by Crippen LogP contribution is -1.67. The summed E-state index contributed by atoms with van der Waals surface area (Å²) >= 11 is 5.66. The van der Waals surface area contributed by atoms with Gasteiger partial charge in [0.25, 0.3) is 0 Å². The minimum atomic E-state index is 0.826. The second kappa shape index (κ2) is 6.80. The van der Waals surface area contributed by atoms with Crippen LogP contribution in [0.25, 0.3) is 0 Å². The third-order valence-electron chi connectivity index (χ3n) is 0.363. The van der Waals surface area contributed by atoms with Crippen molar-refractivity contribution in [1.82, 2.24) is 0 Å². The van der Waals surface area contributed by atoms with Gasteiger partial charge in [-0.05, 0) is 0 Å². The molecule has 0 aromatic carbocycles. The molecule has 0 aliphatic heterocycles. The number of rotatable bonds is 3. The van der Waals surface area contributed by atoms with Crippen LogP contribution in [0.4, 0.5) is 0 Å². The van der Waals surface area contributed by atoms with Crippen molar-refractivity contribution in [1.29, 1.82) is 0 Å². The molecule has 0 aliphatic carbocycles. The first-order valence-electron chi connectivity index (χ1n) is 1.80. The van der Waals surface area contributed by atoms with Gasteiger partial charge in [-0.25, -0.2) is 0 Å². The van der Waals surface area contributed by atoms with Crippen LogP contribution in [0.2, 0.25) is 0 Å². The van der Waals surface area contributed by atoms with Crippen LogP contribution in [0.3, 0.4) is 0 Å². The predicted octanol–water partition coefficient (Wildman–Crippen LogP) is 1.47. The summed E-state index contributed by atoms with van der Waals surface area (Å²) < 4.78 is 0. The van der Waals surface area contributed by atoms with E-state index in [0.717, 1.165) is 11.0 Å². The molecule has 7 heavy (non-hydrogen) atoms. The molecule has 0 amide bonds. The van der Waals surface area contributed by atoms with Crippen LogP contribution in [-0.2, 0) is 0 Å². The van der Waals surface area contributed by atoms with E-state index in [1.165, 1.54) is 0 Å². The fraction of sp³-hybridized carbons (Fsp3) is 0.667. The summed E-state index contributed by atoms with van der Waals surface area (Å²) in [6, 6.07) is 0. The Bertz CT molecular complexity index is 56.9. The number of hydrogen-bond acceptors (Lipinski definition) is 3. The molecule has 0 aromatic heterocycles. The van der Waals surface area contributed by atoms with Gasteiger partial charge in [0.15, 0.2) is 0 Å². The molecular weight excluding hydrogens is 145 g/mol. The highest BCUT2D eigenvalue weighted by Crippen LogP contribution is 2.00. The summed E-state index contributed by atoms with van der Waals surface area (Å²) in [7, 11) is 2.42. The number of thiol groups is 1. The van der Waals surface area contributed by atoms with E-state index >= 15 is 0 Å². The monoisotopic (exact) mass is 153 g/mol. The minimum absolute atomic E-state index is 0.826. The van der Waals surface area contributed by atoms with Crippen molar-refractivity contribution >= 4 is 39.6 Å². The Hall–Kier alpha value is 0.800. The Kier molecular flexibility index (Phi) is 7.58. The van der Waals surface area contributed by atoms with Gasteiger partial charge in [-0.3, -0.25) is 4.99 Å². The summed E-state index contributed by atoms with van der Waals surface area (Å²) in [5, 5.41) is 0.849. The van der Waals surface area contributed by atoms with Crippen LogP contribution < -0.4 is 0 Å². The first kappa shape index (κ1) is 7.80. The van der Waals surface area contributed by atoms with E-state index in [0.29, 0.717) is 0 Å². The van der Waals surface area contributed by atoms with Crippen LogP contribution in [0.5, 0.6) is 0 Å². The van der Waals surface area contributed by atoms with Gasteiger partial charge in [-0.15, -0.1) is 11.8 Å². The average Bonchev–Trinajstić information content (AvgIpc) is 1.69. The van der Waals surface area contributed by atoms with Gasteiger partial charge in [0, 0.05) is 11.0 Å². The van der Waals surface area contributed by atoms with Gasteiger partial charge in [0.05, 0.1) is 5.88 Å². The third-order valence-corrected chi connectivity index (χ3v) is 1.64. The Morgan fingerprint density at radius 1 is 1.86 bits per heavy atom. The normalized spacial score (nSPS) is 10.6. The molecule has 0 bridgehead atoms. The van der Waals surface area contributed by atoms with Crippen LogP contribution >= 0.6 is 33.6 Å². The molecule has 42 valence electrons. The number of aliphatic imine (C=N–C) groups is 1. The van der Waals surface area contributed by atoms with Crippen molar-refractivity contribution in [3.8, 4) is 0 Å². The lowest BCUT2D eigenvalue weighted by atomic mass is 11.4. The van der Waals surface area contributed by atoms with E-state index in [4.69, 9.17) is 0 Å². The van der Waals surface area contributed by atoms with E-state index in [2.05, 4.69) is 26.9 Å². The highest BCUT2D eigenvalue weighted by molar-refractivity contribution is 8.09. The van der Waals surface area contributed by atoms with Gasteiger partial charge in [0.2, 0.25) is 0 Å². The van der Waals surface area contributed by atoms with Crippen molar-refractivity contribution in [2.24, 2.45) is 4.99 Å². The maximum absolute atomic E-state index is 3.98. The van der Waals surface area contributed by atoms with Gasteiger partial charge in [-0.1, -0.05) is 9.24 Å². The van der Waals surface area contributed by atoms with Crippen molar-refractivity contribution in [2.75, 3.05) is 11.0 Å². The van der Waals surface area contributed by atoms with Crippen LogP contribution in [0, 0.1) is 0 Å². The van der Waals surface area contributed by atoms with E-state index in [1.807, 2.05) is 0 Å². The van der Waals surface area contributed by atoms with Crippen molar-refractivity contribution in [2.45, 2.75) is 0 Å². The number of thioether (sulfide) groups is 1. The van der Waals surface area contributed by atoms with Gasteiger partial charge >= 0.3 is 0 Å². The summed E-state index contributed by atoms with van der Waals surface area (Å²) in [5.41, 5.74) is 0. The largest absolute Gasteiger partial charge is 0.283 e. The molecule has 0 N–H and O–H groups in total. The smallest absolute Gasteiger partial charge is 0.0852 e. The Labute approximate surface area is 56.0 Å². The maximum atomic E-state index is 3.98. The third kappa shape index (κ3) is 6.80. The predicted molar refractivity (Wildman–Crippen MR) is 44.5 cm³/mol. The first-order valence-corrected chi connectivity index (χ1v) is 4.26. The molecule has 0 aromatic rings. The van der Waals surface area contributed by atoms with Crippen LogP contribution in [0.15, 0.2) is 4.99 Å². The summed E-state index contributed by atoms with van der Waals surface area (Å²) in [6.45, 7) is 0. The van der Waals surface area contributed by atoms with E-state index in [-0.39, 0.29) is 0 Å². The second-order valence-electron chi connectivity index (χ2n) is 0.794. The fourth-order valence-electron chi connectivity index (χ4n) is 0.137. The van der Waals surface area contributed by atoms with Gasteiger partial charge < -0.3 is 0 Å². The highest BCUT2D eigenvalue weighted by Gasteiger charge is 1.73. The van der Waals surface area contributed by atoms with Crippen LogP contribution in [0.1, 0.15) is 0 Å². The minimum Gasteiger partial charge on any atom is -0.283 e. The zero-order chi connectivity index (χ0) is 5.54. The summed E-state index contributed by atoms with van der Waals surface area (Å²) in [4.78, 5) is 3.91. The molecular formula is C3H8NPS2. The SMILES string of the molecule is PC=NCSCS. The quantitative estimate of drug-likeness (QED) is 0.213. The zero-order valence-electron chi connectivity index (χ0n) is 3.87. The van der Waals surface area contributed by atoms with Crippen molar-refractivity contribution < 1.29 is 0 Å². The Balaban J connectivity index is 2.69. The zero-order valence-corrected chi connectivity index (χ0v) is 6.74. The molecule has 0 saturated heterocycles. The standard InChI is InChI=1S/C3H8NPS2/c5-1-4-2-7-3-6/h1,6H,2-3,5H2. The molecule has 1 nitrogen and oxygen atoms in total. The summed E-state index contributed by atoms with van der Waals surface area (Å²) in [5.74, 6) is 2.55. The molecule has 4 heteroatoms. The fourth-order valence-corrected chi connectivity index (χ4v) is 0.913. The number of hydrogen-bond donors (Lipinski definition) is 1. The maximum Gasteiger partial charge on any atom is 0.0852 e. The van der Waals surface area contributed by atoms with Gasteiger partial charge in [0.1, 0.15) is 0 Å². The topological polar surface area (TPSA) is 12.4 Å². The average molecular weight is 153 g/mol. The lowest BCUT2D eigenvalue weighted by Gasteiger charge is -1.84. The molecule has 0 aliphatic rings.